The highest BCUT2D eigenvalue weighted by molar-refractivity contribution is 5.57. The highest BCUT2D eigenvalue weighted by atomic mass is 16.5. The lowest BCUT2D eigenvalue weighted by Crippen LogP contribution is -2.00. The van der Waals surface area contributed by atoms with Crippen LogP contribution in [0.2, 0.25) is 0 Å². The second kappa shape index (κ2) is 5.26. The van der Waals surface area contributed by atoms with Crippen LogP contribution in [-0.2, 0) is 0 Å². The van der Waals surface area contributed by atoms with E-state index in [4.69, 9.17) is 19.5 Å². The van der Waals surface area contributed by atoms with Gasteiger partial charge in [-0.2, -0.15) is 5.26 Å². The first-order valence-electron chi connectivity index (χ1n) is 4.88. The first-order chi connectivity index (χ1) is 7.69. The second-order valence-electron chi connectivity index (χ2n) is 3.27. The molecular formula is C12H15NO3. The van der Waals surface area contributed by atoms with Crippen molar-refractivity contribution in [2.45, 2.75) is 12.8 Å². The van der Waals surface area contributed by atoms with Crippen molar-refractivity contribution in [3.05, 3.63) is 17.7 Å². The Labute approximate surface area is 95.4 Å². The number of ether oxygens (including phenoxy) is 3. The van der Waals surface area contributed by atoms with E-state index in [-0.39, 0.29) is 5.92 Å². The molecule has 0 saturated heterocycles. The maximum atomic E-state index is 8.92. The molecule has 16 heavy (non-hydrogen) atoms. The largest absolute Gasteiger partial charge is 0.493 e. The number of hydrogen-bond donors (Lipinski definition) is 0. The molecule has 0 saturated carbocycles. The first kappa shape index (κ1) is 12.2. The molecule has 1 atom stereocenters. The van der Waals surface area contributed by atoms with Crippen LogP contribution in [-0.4, -0.2) is 21.3 Å². The van der Waals surface area contributed by atoms with Gasteiger partial charge in [-0.05, 0) is 13.0 Å². The van der Waals surface area contributed by atoms with Gasteiger partial charge in [0.2, 0.25) is 5.75 Å². The summed E-state index contributed by atoms with van der Waals surface area (Å²) in [6, 6.07) is 5.75. The smallest absolute Gasteiger partial charge is 0.203 e. The number of methoxy groups -OCH3 is 3. The van der Waals surface area contributed by atoms with Gasteiger partial charge < -0.3 is 14.2 Å². The van der Waals surface area contributed by atoms with Gasteiger partial charge in [0.25, 0.3) is 0 Å². The molecule has 1 aromatic carbocycles. The highest BCUT2D eigenvalue weighted by Crippen LogP contribution is 2.42. The van der Waals surface area contributed by atoms with Gasteiger partial charge in [0.15, 0.2) is 11.5 Å². The van der Waals surface area contributed by atoms with E-state index in [1.165, 1.54) is 0 Å². The first-order valence-corrected chi connectivity index (χ1v) is 4.88. The minimum absolute atomic E-state index is 0.255. The zero-order valence-corrected chi connectivity index (χ0v) is 9.90. The monoisotopic (exact) mass is 221 g/mol. The third-order valence-corrected chi connectivity index (χ3v) is 2.39. The molecule has 0 bridgehead atoms. The maximum Gasteiger partial charge on any atom is 0.203 e. The molecule has 0 N–H and O–H groups in total. The summed E-state index contributed by atoms with van der Waals surface area (Å²) in [5.41, 5.74) is 0.794. The molecule has 0 radical (unpaired) electrons. The molecule has 0 heterocycles. The fourth-order valence-corrected chi connectivity index (χ4v) is 1.53. The van der Waals surface area contributed by atoms with Crippen molar-refractivity contribution >= 4 is 0 Å². The number of nitrogens with zero attached hydrogens (tertiary/aromatic N) is 1. The number of hydrogen-bond acceptors (Lipinski definition) is 4. The zero-order chi connectivity index (χ0) is 12.1. The van der Waals surface area contributed by atoms with Crippen LogP contribution < -0.4 is 14.2 Å². The Morgan fingerprint density at radius 3 is 2.12 bits per heavy atom. The molecule has 4 heteroatoms. The molecule has 0 aliphatic rings. The number of benzene rings is 1. The van der Waals surface area contributed by atoms with E-state index in [0.717, 1.165) is 5.56 Å². The average Bonchev–Trinajstić information content (AvgIpc) is 2.35. The fraction of sp³-hybridized carbons (Fsp3) is 0.417. The molecule has 86 valence electrons. The zero-order valence-electron chi connectivity index (χ0n) is 9.90. The standard InChI is InChI=1S/C12H15NO3/c1-8(7-13)9-5-6-10(14-2)12(16-4)11(9)15-3/h5-6,8H,1-4H3. The minimum Gasteiger partial charge on any atom is -0.493 e. The van der Waals surface area contributed by atoms with E-state index in [0.29, 0.717) is 17.2 Å². The van der Waals surface area contributed by atoms with Crippen LogP contribution in [0, 0.1) is 11.3 Å². The molecule has 0 fully saturated rings. The van der Waals surface area contributed by atoms with Crippen LogP contribution in [0.1, 0.15) is 18.4 Å². The molecule has 0 aliphatic carbocycles. The lowest BCUT2D eigenvalue weighted by Gasteiger charge is -2.16. The molecule has 0 spiro atoms. The van der Waals surface area contributed by atoms with Crippen LogP contribution in [0.15, 0.2) is 12.1 Å². The van der Waals surface area contributed by atoms with Gasteiger partial charge in [0, 0.05) is 5.56 Å². The van der Waals surface area contributed by atoms with Crippen molar-refractivity contribution in [1.82, 2.24) is 0 Å². The van der Waals surface area contributed by atoms with Gasteiger partial charge in [-0.25, -0.2) is 0 Å². The highest BCUT2D eigenvalue weighted by Gasteiger charge is 2.19. The van der Waals surface area contributed by atoms with Crippen molar-refractivity contribution in [1.29, 1.82) is 5.26 Å². The van der Waals surface area contributed by atoms with Gasteiger partial charge in [0.05, 0.1) is 33.3 Å². The van der Waals surface area contributed by atoms with E-state index in [1.54, 1.807) is 27.4 Å². The Morgan fingerprint density at radius 1 is 1.06 bits per heavy atom. The Hall–Kier alpha value is -1.89. The van der Waals surface area contributed by atoms with Crippen molar-refractivity contribution in [3.63, 3.8) is 0 Å². The van der Waals surface area contributed by atoms with Crippen LogP contribution in [0.4, 0.5) is 0 Å². The second-order valence-corrected chi connectivity index (χ2v) is 3.27. The minimum atomic E-state index is -0.255. The third kappa shape index (κ3) is 2.03. The third-order valence-electron chi connectivity index (χ3n) is 2.39. The summed E-state index contributed by atoms with van der Waals surface area (Å²) < 4.78 is 15.7. The van der Waals surface area contributed by atoms with Crippen LogP contribution >= 0.6 is 0 Å². The Balaban J connectivity index is 3.38. The lowest BCUT2D eigenvalue weighted by molar-refractivity contribution is 0.322. The molecule has 4 nitrogen and oxygen atoms in total. The molecule has 0 aromatic heterocycles. The summed E-state index contributed by atoms with van der Waals surface area (Å²) in [6.45, 7) is 1.81. The molecule has 1 aromatic rings. The van der Waals surface area contributed by atoms with Crippen LogP contribution in [0.5, 0.6) is 17.2 Å². The van der Waals surface area contributed by atoms with Gasteiger partial charge in [-0.3, -0.25) is 0 Å². The lowest BCUT2D eigenvalue weighted by atomic mass is 10.0. The molecule has 0 aliphatic heterocycles. The predicted molar refractivity (Wildman–Crippen MR) is 60.1 cm³/mol. The maximum absolute atomic E-state index is 8.92. The van der Waals surface area contributed by atoms with Crippen molar-refractivity contribution in [2.75, 3.05) is 21.3 Å². The summed E-state index contributed by atoms with van der Waals surface area (Å²) in [4.78, 5) is 0. The molecule has 1 unspecified atom stereocenters. The van der Waals surface area contributed by atoms with E-state index in [2.05, 4.69) is 6.07 Å². The van der Waals surface area contributed by atoms with Gasteiger partial charge in [0.1, 0.15) is 0 Å². The van der Waals surface area contributed by atoms with Crippen molar-refractivity contribution in [3.8, 4) is 23.3 Å². The summed E-state index contributed by atoms with van der Waals surface area (Å²) in [5.74, 6) is 1.41. The quantitative estimate of drug-likeness (QED) is 0.783. The fourth-order valence-electron chi connectivity index (χ4n) is 1.53. The number of nitriles is 1. The topological polar surface area (TPSA) is 51.5 Å². The normalized spacial score (nSPS) is 11.4. The summed E-state index contributed by atoms with van der Waals surface area (Å²) in [6.07, 6.45) is 0. The van der Waals surface area contributed by atoms with Crippen LogP contribution in [0.25, 0.3) is 0 Å². The van der Waals surface area contributed by atoms with Crippen molar-refractivity contribution in [2.24, 2.45) is 0 Å². The van der Waals surface area contributed by atoms with Crippen LogP contribution in [0.3, 0.4) is 0 Å². The predicted octanol–water partition coefficient (Wildman–Crippen LogP) is 2.34. The summed E-state index contributed by atoms with van der Waals surface area (Å²) in [5, 5.41) is 8.92. The molecule has 1 rings (SSSR count). The average molecular weight is 221 g/mol. The van der Waals surface area contributed by atoms with Gasteiger partial charge in [-0.1, -0.05) is 6.07 Å². The Kier molecular flexibility index (Phi) is 4.01. The molecular weight excluding hydrogens is 206 g/mol. The van der Waals surface area contributed by atoms with E-state index < -0.39 is 0 Å². The Morgan fingerprint density at radius 2 is 1.69 bits per heavy atom. The van der Waals surface area contributed by atoms with E-state index in [1.807, 2.05) is 13.0 Å². The SMILES string of the molecule is COc1ccc(C(C)C#N)c(OC)c1OC. The molecule has 0 amide bonds. The van der Waals surface area contributed by atoms with E-state index in [9.17, 15) is 0 Å². The number of rotatable bonds is 4. The van der Waals surface area contributed by atoms with Gasteiger partial charge >= 0.3 is 0 Å². The Bertz CT molecular complexity index is 409. The van der Waals surface area contributed by atoms with E-state index >= 15 is 0 Å². The summed E-state index contributed by atoms with van der Waals surface area (Å²) >= 11 is 0. The van der Waals surface area contributed by atoms with Gasteiger partial charge in [-0.15, -0.1) is 0 Å². The summed E-state index contributed by atoms with van der Waals surface area (Å²) in [7, 11) is 4.65. The van der Waals surface area contributed by atoms with Crippen molar-refractivity contribution < 1.29 is 14.2 Å².